The van der Waals surface area contributed by atoms with Gasteiger partial charge in [0.15, 0.2) is 0 Å². The first kappa shape index (κ1) is 19.5. The van der Waals surface area contributed by atoms with Crippen LogP contribution in [0.1, 0.15) is 92.9 Å². The van der Waals surface area contributed by atoms with Gasteiger partial charge in [0.05, 0.1) is 0 Å². The fourth-order valence-corrected chi connectivity index (χ4v) is 5.69. The number of fused-ring (bicyclic) bond motifs is 1. The second-order valence-corrected chi connectivity index (χ2v) is 9.47. The second kappa shape index (κ2) is 7.58. The molecule has 0 aromatic carbocycles. The lowest BCUT2D eigenvalue weighted by atomic mass is 9.48. The molecule has 0 bridgehead atoms. The van der Waals surface area contributed by atoms with Crippen molar-refractivity contribution in [2.24, 2.45) is 22.7 Å². The molecule has 2 rings (SSSR count). The normalized spacial score (nSPS) is 32.9. The van der Waals surface area contributed by atoms with E-state index in [4.69, 9.17) is 0 Å². The van der Waals surface area contributed by atoms with Crippen LogP contribution in [0.15, 0.2) is 23.3 Å². The van der Waals surface area contributed by atoms with Gasteiger partial charge in [0.2, 0.25) is 0 Å². The zero-order valence-corrected chi connectivity index (χ0v) is 16.9. The Morgan fingerprint density at radius 1 is 1.21 bits per heavy atom. The molecule has 0 unspecified atom stereocenters. The zero-order chi connectivity index (χ0) is 18.0. The van der Waals surface area contributed by atoms with E-state index in [1.54, 1.807) is 12.5 Å². The first-order chi connectivity index (χ1) is 11.2. The van der Waals surface area contributed by atoms with Crippen LogP contribution >= 0.6 is 0 Å². The van der Waals surface area contributed by atoms with Crippen molar-refractivity contribution in [3.63, 3.8) is 0 Å². The van der Waals surface area contributed by atoms with E-state index in [0.717, 1.165) is 18.3 Å². The molecule has 1 heteroatoms. The van der Waals surface area contributed by atoms with Gasteiger partial charge < -0.3 is 4.79 Å². The van der Waals surface area contributed by atoms with Crippen LogP contribution in [0.25, 0.3) is 0 Å². The summed E-state index contributed by atoms with van der Waals surface area (Å²) in [5, 5.41) is 0. The molecule has 0 aromatic rings. The highest BCUT2D eigenvalue weighted by atomic mass is 16.1. The Labute approximate surface area is 150 Å². The smallest absolute Gasteiger partial charge is 0.130 e. The molecule has 3 atom stereocenters. The van der Waals surface area contributed by atoms with Gasteiger partial charge in [-0.1, -0.05) is 50.5 Å². The Hall–Kier alpha value is -0.850. The second-order valence-electron chi connectivity index (χ2n) is 9.47. The van der Waals surface area contributed by atoms with E-state index in [2.05, 4.69) is 46.8 Å². The number of allylic oxidation sites excluding steroid dienone is 4. The lowest BCUT2D eigenvalue weighted by Gasteiger charge is -2.57. The third kappa shape index (κ3) is 4.21. The molecule has 0 amide bonds. The lowest BCUT2D eigenvalue weighted by molar-refractivity contribution is -0.116. The van der Waals surface area contributed by atoms with Crippen molar-refractivity contribution in [1.82, 2.24) is 0 Å². The van der Waals surface area contributed by atoms with Gasteiger partial charge in [0.1, 0.15) is 5.78 Å². The summed E-state index contributed by atoms with van der Waals surface area (Å²) in [6.45, 7) is 13.9. The van der Waals surface area contributed by atoms with E-state index < -0.39 is 0 Å². The van der Waals surface area contributed by atoms with Gasteiger partial charge in [0.25, 0.3) is 0 Å². The molecule has 0 N–H and O–H groups in total. The summed E-state index contributed by atoms with van der Waals surface area (Å²) in [7, 11) is 0. The molecule has 0 aromatic heterocycles. The van der Waals surface area contributed by atoms with E-state index in [1.165, 1.54) is 44.1 Å². The first-order valence-corrected chi connectivity index (χ1v) is 9.98. The molecule has 0 radical (unpaired) electrons. The summed E-state index contributed by atoms with van der Waals surface area (Å²) in [5.74, 6) is 1.85. The topological polar surface area (TPSA) is 17.1 Å². The summed E-state index contributed by atoms with van der Waals surface area (Å²) < 4.78 is 0. The van der Waals surface area contributed by atoms with Crippen molar-refractivity contribution in [3.05, 3.63) is 23.3 Å². The number of Topliss-reactive ketones (excluding diaryl/α,β-unsaturated/α-hetero) is 1. The minimum absolute atomic E-state index is 0.296. The summed E-state index contributed by atoms with van der Waals surface area (Å²) in [4.78, 5) is 11.1. The van der Waals surface area contributed by atoms with Crippen LogP contribution in [0.2, 0.25) is 0 Å². The van der Waals surface area contributed by atoms with Crippen LogP contribution in [-0.2, 0) is 4.79 Å². The number of carbonyl (C=O) groups excluding carboxylic acids is 1. The molecule has 2 aliphatic rings. The number of rotatable bonds is 6. The van der Waals surface area contributed by atoms with E-state index >= 15 is 0 Å². The maximum absolute atomic E-state index is 11.1. The van der Waals surface area contributed by atoms with Gasteiger partial charge in [-0.15, -0.1) is 0 Å². The SMILES string of the molecule is CC(=O)CC/C=C(\C)CC[C@@H]1C(C)=CC[C@@H]2C(C)(C)CCC[C@@]12C. The van der Waals surface area contributed by atoms with Gasteiger partial charge >= 0.3 is 0 Å². The van der Waals surface area contributed by atoms with Crippen LogP contribution in [0.4, 0.5) is 0 Å². The standard InChI is InChI=1S/C23H38O/c1-17(9-7-10-19(3)24)11-13-20-18(2)12-14-21-22(4,5)15-8-16-23(20,21)6/h9,12,20-21H,7-8,10-11,13-16H2,1-6H3/b17-9+/t20-,21-,23+/m1/s1. The van der Waals surface area contributed by atoms with Gasteiger partial charge in [-0.25, -0.2) is 0 Å². The monoisotopic (exact) mass is 330 g/mol. The van der Waals surface area contributed by atoms with Crippen molar-refractivity contribution in [1.29, 1.82) is 0 Å². The fourth-order valence-electron chi connectivity index (χ4n) is 5.69. The van der Waals surface area contributed by atoms with Crippen molar-refractivity contribution in [2.75, 3.05) is 0 Å². The molecule has 0 saturated heterocycles. The van der Waals surface area contributed by atoms with Gasteiger partial charge in [-0.3, -0.25) is 0 Å². The molecule has 24 heavy (non-hydrogen) atoms. The molecule has 2 aliphatic carbocycles. The number of hydrogen-bond donors (Lipinski definition) is 0. The Balaban J connectivity index is 2.06. The van der Waals surface area contributed by atoms with E-state index in [0.29, 0.717) is 23.0 Å². The van der Waals surface area contributed by atoms with Crippen molar-refractivity contribution < 1.29 is 4.79 Å². The molecule has 0 heterocycles. The molecule has 0 aliphatic heterocycles. The zero-order valence-electron chi connectivity index (χ0n) is 16.9. The van der Waals surface area contributed by atoms with Crippen LogP contribution < -0.4 is 0 Å². The summed E-state index contributed by atoms with van der Waals surface area (Å²) in [5.41, 5.74) is 4.04. The largest absolute Gasteiger partial charge is 0.300 e. The minimum Gasteiger partial charge on any atom is -0.300 e. The van der Waals surface area contributed by atoms with Crippen LogP contribution in [0.5, 0.6) is 0 Å². The maximum atomic E-state index is 11.1. The number of hydrogen-bond acceptors (Lipinski definition) is 1. The third-order valence-electron chi connectivity index (χ3n) is 7.11. The van der Waals surface area contributed by atoms with Crippen molar-refractivity contribution >= 4 is 5.78 Å². The molecular formula is C23H38O. The summed E-state index contributed by atoms with van der Waals surface area (Å²) in [6, 6.07) is 0. The molecular weight excluding hydrogens is 292 g/mol. The molecule has 0 spiro atoms. The number of carbonyl (C=O) groups is 1. The Bertz CT molecular complexity index is 522. The van der Waals surface area contributed by atoms with Crippen molar-refractivity contribution in [2.45, 2.75) is 92.9 Å². The predicted molar refractivity (Wildman–Crippen MR) is 104 cm³/mol. The molecule has 1 nitrogen and oxygen atoms in total. The van der Waals surface area contributed by atoms with E-state index in [9.17, 15) is 4.79 Å². The Morgan fingerprint density at radius 2 is 1.92 bits per heavy atom. The Kier molecular flexibility index (Phi) is 6.15. The summed E-state index contributed by atoms with van der Waals surface area (Å²) >= 11 is 0. The Morgan fingerprint density at radius 3 is 2.58 bits per heavy atom. The molecule has 1 saturated carbocycles. The van der Waals surface area contributed by atoms with Gasteiger partial charge in [-0.2, -0.15) is 0 Å². The fraction of sp³-hybridized carbons (Fsp3) is 0.783. The van der Waals surface area contributed by atoms with Crippen LogP contribution in [-0.4, -0.2) is 5.78 Å². The highest BCUT2D eigenvalue weighted by Crippen LogP contribution is 2.60. The average molecular weight is 331 g/mol. The number of ketones is 1. The van der Waals surface area contributed by atoms with E-state index in [1.807, 2.05) is 0 Å². The molecule has 136 valence electrons. The highest BCUT2D eigenvalue weighted by molar-refractivity contribution is 5.75. The first-order valence-electron chi connectivity index (χ1n) is 9.98. The van der Waals surface area contributed by atoms with Crippen LogP contribution in [0, 0.1) is 22.7 Å². The quantitative estimate of drug-likeness (QED) is 0.485. The highest BCUT2D eigenvalue weighted by Gasteiger charge is 2.51. The van der Waals surface area contributed by atoms with Crippen molar-refractivity contribution in [3.8, 4) is 0 Å². The van der Waals surface area contributed by atoms with E-state index in [-0.39, 0.29) is 0 Å². The van der Waals surface area contributed by atoms with Crippen LogP contribution in [0.3, 0.4) is 0 Å². The molecule has 1 fully saturated rings. The third-order valence-corrected chi connectivity index (χ3v) is 7.11. The van der Waals surface area contributed by atoms with Gasteiger partial charge in [-0.05, 0) is 82.0 Å². The predicted octanol–water partition coefficient (Wildman–Crippen LogP) is 6.88. The average Bonchev–Trinajstić information content (AvgIpc) is 2.45. The lowest BCUT2D eigenvalue weighted by Crippen LogP contribution is -2.48. The minimum atomic E-state index is 0.296. The van der Waals surface area contributed by atoms with Gasteiger partial charge in [0, 0.05) is 6.42 Å². The summed E-state index contributed by atoms with van der Waals surface area (Å²) in [6.07, 6.45) is 14.3. The maximum Gasteiger partial charge on any atom is 0.130 e.